The van der Waals surface area contributed by atoms with Gasteiger partial charge in [0, 0.05) is 13.1 Å². The molecule has 4 rings (SSSR count). The van der Waals surface area contributed by atoms with Crippen LogP contribution >= 0.6 is 11.5 Å². The minimum atomic E-state index is -0.589. The third kappa shape index (κ3) is 2.85. The molecule has 2 aromatic carbocycles. The predicted octanol–water partition coefficient (Wildman–Crippen LogP) is 2.66. The first-order chi connectivity index (χ1) is 12.1. The number of hydrogen-bond acceptors (Lipinski definition) is 4. The Bertz CT molecular complexity index is 1000. The number of fused-ring (bicyclic) bond motifs is 1. The van der Waals surface area contributed by atoms with Gasteiger partial charge in [-0.25, -0.2) is 8.35 Å². The molecular weight excluding hydrogens is 343 g/mol. The summed E-state index contributed by atoms with van der Waals surface area (Å²) >= 11 is 1.28. The summed E-state index contributed by atoms with van der Waals surface area (Å²) < 4.78 is 21.8. The summed E-state index contributed by atoms with van der Waals surface area (Å²) in [5.74, 6) is -0.966. The highest BCUT2D eigenvalue weighted by Crippen LogP contribution is 2.22. The van der Waals surface area contributed by atoms with Crippen molar-refractivity contribution in [2.24, 2.45) is 0 Å². The van der Waals surface area contributed by atoms with Crippen molar-refractivity contribution in [2.75, 3.05) is 26.3 Å². The van der Waals surface area contributed by atoms with E-state index in [4.69, 9.17) is 4.74 Å². The van der Waals surface area contributed by atoms with Crippen LogP contribution in [-0.4, -0.2) is 41.1 Å². The molecule has 0 saturated carbocycles. The molecule has 25 heavy (non-hydrogen) atoms. The first-order valence-corrected chi connectivity index (χ1v) is 8.70. The fourth-order valence-electron chi connectivity index (χ4n) is 2.88. The molecule has 5 nitrogen and oxygen atoms in total. The van der Waals surface area contributed by atoms with Crippen LogP contribution in [0, 0.1) is 5.82 Å². The topological polar surface area (TPSA) is 51.5 Å². The van der Waals surface area contributed by atoms with E-state index in [-0.39, 0.29) is 17.0 Å². The summed E-state index contributed by atoms with van der Waals surface area (Å²) in [4.78, 5) is 26.7. The summed E-state index contributed by atoms with van der Waals surface area (Å²) in [6.07, 6.45) is 0. The molecule has 0 spiro atoms. The van der Waals surface area contributed by atoms with Crippen LogP contribution in [0.3, 0.4) is 0 Å². The number of carbonyl (C=O) groups excluding carboxylic acids is 1. The lowest BCUT2D eigenvalue weighted by molar-refractivity contribution is 0.0300. The molecular formula is C18H15FN2O3S. The number of rotatable bonds is 2. The maximum absolute atomic E-state index is 14.2. The third-order valence-electron chi connectivity index (χ3n) is 4.20. The highest BCUT2D eigenvalue weighted by Gasteiger charge is 2.22. The smallest absolute Gasteiger partial charge is 0.273 e. The van der Waals surface area contributed by atoms with E-state index in [2.05, 4.69) is 0 Å². The van der Waals surface area contributed by atoms with Gasteiger partial charge in [0.15, 0.2) is 0 Å². The molecule has 1 fully saturated rings. The first kappa shape index (κ1) is 16.0. The number of benzene rings is 2. The van der Waals surface area contributed by atoms with Crippen molar-refractivity contribution in [3.63, 3.8) is 0 Å². The average Bonchev–Trinajstić information content (AvgIpc) is 2.99. The van der Waals surface area contributed by atoms with Crippen molar-refractivity contribution in [2.45, 2.75) is 0 Å². The number of aromatic nitrogens is 1. The zero-order valence-corrected chi connectivity index (χ0v) is 14.1. The van der Waals surface area contributed by atoms with Crippen LogP contribution in [0.1, 0.15) is 10.4 Å². The van der Waals surface area contributed by atoms with E-state index in [9.17, 15) is 14.0 Å². The molecule has 1 aliphatic rings. The molecule has 1 aliphatic heterocycles. The van der Waals surface area contributed by atoms with Gasteiger partial charge in [0.05, 0.1) is 34.6 Å². The largest absolute Gasteiger partial charge is 0.378 e. The summed E-state index contributed by atoms with van der Waals surface area (Å²) in [7, 11) is 0. The van der Waals surface area contributed by atoms with E-state index >= 15 is 0 Å². The van der Waals surface area contributed by atoms with Crippen LogP contribution < -0.4 is 5.56 Å². The van der Waals surface area contributed by atoms with E-state index in [0.29, 0.717) is 37.4 Å². The second-order valence-corrected chi connectivity index (χ2v) is 6.74. The van der Waals surface area contributed by atoms with Gasteiger partial charge in [-0.1, -0.05) is 23.7 Å². The Morgan fingerprint density at radius 3 is 2.64 bits per heavy atom. The summed E-state index contributed by atoms with van der Waals surface area (Å²) in [5, 5.41) is 0.609. The fourth-order valence-corrected chi connectivity index (χ4v) is 3.87. The lowest BCUT2D eigenvalue weighted by Crippen LogP contribution is -2.41. The molecule has 1 amide bonds. The number of hydrogen-bond donors (Lipinski definition) is 0. The van der Waals surface area contributed by atoms with Gasteiger partial charge < -0.3 is 9.64 Å². The zero-order chi connectivity index (χ0) is 17.4. The molecule has 0 atom stereocenters. The van der Waals surface area contributed by atoms with Crippen molar-refractivity contribution >= 4 is 27.5 Å². The SMILES string of the molecule is O=C(c1cc(-n2sc3ccccc3c2=O)ccc1F)N1CCOCC1. The molecule has 128 valence electrons. The van der Waals surface area contributed by atoms with Crippen LogP contribution in [0.25, 0.3) is 15.8 Å². The number of amides is 1. The number of ether oxygens (including phenoxy) is 1. The molecule has 3 aromatic rings. The molecule has 1 saturated heterocycles. The van der Waals surface area contributed by atoms with Gasteiger partial charge in [-0.15, -0.1) is 0 Å². The van der Waals surface area contributed by atoms with Crippen molar-refractivity contribution in [1.82, 2.24) is 8.86 Å². The second-order valence-electron chi connectivity index (χ2n) is 5.76. The van der Waals surface area contributed by atoms with Crippen molar-refractivity contribution in [3.8, 4) is 5.69 Å². The van der Waals surface area contributed by atoms with E-state index in [1.807, 2.05) is 12.1 Å². The van der Waals surface area contributed by atoms with Crippen LogP contribution in [0.5, 0.6) is 0 Å². The van der Waals surface area contributed by atoms with Crippen molar-refractivity contribution in [3.05, 3.63) is 64.2 Å². The summed E-state index contributed by atoms with van der Waals surface area (Å²) in [5.41, 5.74) is 0.296. The number of morpholine rings is 1. The third-order valence-corrected chi connectivity index (χ3v) is 5.32. The van der Waals surface area contributed by atoms with Gasteiger partial charge in [-0.05, 0) is 30.3 Å². The molecule has 0 N–H and O–H groups in total. The van der Waals surface area contributed by atoms with E-state index in [0.717, 1.165) is 4.70 Å². The molecule has 0 bridgehead atoms. The molecule has 2 heterocycles. The van der Waals surface area contributed by atoms with E-state index in [1.54, 1.807) is 17.0 Å². The number of carbonyl (C=O) groups is 1. The van der Waals surface area contributed by atoms with Gasteiger partial charge in [0.25, 0.3) is 11.5 Å². The summed E-state index contributed by atoms with van der Waals surface area (Å²) in [6.45, 7) is 1.77. The second kappa shape index (κ2) is 6.42. The summed E-state index contributed by atoms with van der Waals surface area (Å²) in [6, 6.07) is 11.5. The predicted molar refractivity (Wildman–Crippen MR) is 94.1 cm³/mol. The van der Waals surface area contributed by atoms with Crippen LogP contribution in [0.15, 0.2) is 47.3 Å². The first-order valence-electron chi connectivity index (χ1n) is 7.93. The Morgan fingerprint density at radius 2 is 1.88 bits per heavy atom. The van der Waals surface area contributed by atoms with Crippen molar-refractivity contribution < 1.29 is 13.9 Å². The molecule has 1 aromatic heterocycles. The van der Waals surface area contributed by atoms with Gasteiger partial charge >= 0.3 is 0 Å². The highest BCUT2D eigenvalue weighted by molar-refractivity contribution is 7.14. The molecule has 0 unspecified atom stereocenters. The quantitative estimate of drug-likeness (QED) is 0.708. The zero-order valence-electron chi connectivity index (χ0n) is 13.3. The van der Waals surface area contributed by atoms with Crippen molar-refractivity contribution in [1.29, 1.82) is 0 Å². The standard InChI is InChI=1S/C18H15FN2O3S/c19-15-6-5-12(11-14(15)17(22)20-7-9-24-10-8-20)21-18(23)13-3-1-2-4-16(13)25-21/h1-6,11H,7-10H2. The van der Waals surface area contributed by atoms with Gasteiger partial charge in [0.2, 0.25) is 0 Å². The molecule has 7 heteroatoms. The average molecular weight is 358 g/mol. The van der Waals surface area contributed by atoms with Gasteiger partial charge in [-0.2, -0.15) is 0 Å². The Hall–Kier alpha value is -2.51. The minimum Gasteiger partial charge on any atom is -0.378 e. The van der Waals surface area contributed by atoms with Crippen LogP contribution in [0.4, 0.5) is 4.39 Å². The van der Waals surface area contributed by atoms with Gasteiger partial charge in [-0.3, -0.25) is 9.59 Å². The number of nitrogens with zero attached hydrogens (tertiary/aromatic N) is 2. The Balaban J connectivity index is 1.77. The fraction of sp³-hybridized carbons (Fsp3) is 0.222. The lowest BCUT2D eigenvalue weighted by atomic mass is 10.1. The van der Waals surface area contributed by atoms with E-state index < -0.39 is 5.82 Å². The Kier molecular flexibility index (Phi) is 4.10. The normalized spacial score (nSPS) is 14.8. The Labute approximate surface area is 147 Å². The molecule has 0 radical (unpaired) electrons. The minimum absolute atomic E-state index is 0.0243. The van der Waals surface area contributed by atoms with Crippen LogP contribution in [0.2, 0.25) is 0 Å². The number of halogens is 1. The Morgan fingerprint density at radius 1 is 1.12 bits per heavy atom. The monoisotopic (exact) mass is 358 g/mol. The molecule has 0 aliphatic carbocycles. The lowest BCUT2D eigenvalue weighted by Gasteiger charge is -2.27. The van der Waals surface area contributed by atoms with E-state index in [1.165, 1.54) is 33.7 Å². The highest BCUT2D eigenvalue weighted by atomic mass is 32.1. The maximum atomic E-state index is 14.2. The maximum Gasteiger partial charge on any atom is 0.273 e. The van der Waals surface area contributed by atoms with Gasteiger partial charge in [0.1, 0.15) is 5.82 Å². The van der Waals surface area contributed by atoms with Crippen LogP contribution in [-0.2, 0) is 4.74 Å².